The van der Waals surface area contributed by atoms with Crippen molar-refractivity contribution in [2.45, 2.75) is 11.8 Å². The van der Waals surface area contributed by atoms with Crippen molar-refractivity contribution in [2.24, 2.45) is 0 Å². The number of hydrogen-bond donors (Lipinski definition) is 2. The quantitative estimate of drug-likeness (QED) is 0.603. The Morgan fingerprint density at radius 1 is 1.14 bits per heavy atom. The van der Waals surface area contributed by atoms with Gasteiger partial charge >= 0.3 is 0 Å². The van der Waals surface area contributed by atoms with Gasteiger partial charge in [0, 0.05) is 18.0 Å². The van der Waals surface area contributed by atoms with Gasteiger partial charge in [0.05, 0.1) is 24.6 Å². The Morgan fingerprint density at radius 2 is 1.86 bits per heavy atom. The maximum Gasteiger partial charge on any atom is 0.265 e. The first-order valence-electron chi connectivity index (χ1n) is 7.86. The predicted octanol–water partition coefficient (Wildman–Crippen LogP) is 3.73. The molecule has 3 rings (SSSR count). The minimum Gasteiger partial charge on any atom is -0.495 e. The van der Waals surface area contributed by atoms with Gasteiger partial charge in [-0.05, 0) is 24.3 Å². The van der Waals surface area contributed by atoms with Crippen LogP contribution in [-0.4, -0.2) is 33.5 Å². The van der Waals surface area contributed by atoms with Gasteiger partial charge in [0.2, 0.25) is 5.91 Å². The van der Waals surface area contributed by atoms with Crippen LogP contribution in [0.2, 0.25) is 5.02 Å². The molecule has 3 aromatic rings. The fourth-order valence-electron chi connectivity index (χ4n) is 2.49. The van der Waals surface area contributed by atoms with Crippen molar-refractivity contribution in [1.29, 1.82) is 0 Å². The Morgan fingerprint density at radius 3 is 2.50 bits per heavy atom. The Labute approximate surface area is 170 Å². The number of carbonyl (C=O) groups is 1. The molecule has 8 nitrogen and oxygen atoms in total. The molecule has 0 saturated carbocycles. The zero-order valence-corrected chi connectivity index (χ0v) is 17.5. The Kier molecular flexibility index (Phi) is 5.64. The van der Waals surface area contributed by atoms with E-state index in [1.807, 2.05) is 0 Å². The van der Waals surface area contributed by atoms with Crippen LogP contribution >= 0.6 is 22.9 Å². The molecule has 0 aliphatic carbocycles. The number of amides is 1. The van der Waals surface area contributed by atoms with Crippen LogP contribution in [0.15, 0.2) is 35.2 Å². The van der Waals surface area contributed by atoms with Crippen LogP contribution in [-0.2, 0) is 14.8 Å². The lowest BCUT2D eigenvalue weighted by Gasteiger charge is -2.13. The minimum absolute atomic E-state index is 0.0928. The number of nitrogens with zero attached hydrogens (tertiary/aromatic N) is 1. The smallest absolute Gasteiger partial charge is 0.265 e. The van der Waals surface area contributed by atoms with Crippen LogP contribution in [0.3, 0.4) is 0 Å². The number of benzene rings is 2. The van der Waals surface area contributed by atoms with Gasteiger partial charge in [0.15, 0.2) is 5.13 Å². The Balaban J connectivity index is 2.04. The number of sulfonamides is 1. The van der Waals surface area contributed by atoms with Gasteiger partial charge in [0.1, 0.15) is 21.9 Å². The third-order valence-electron chi connectivity index (χ3n) is 3.63. The summed E-state index contributed by atoms with van der Waals surface area (Å²) in [7, 11) is -1.16. The second kappa shape index (κ2) is 7.82. The van der Waals surface area contributed by atoms with Gasteiger partial charge in [-0.1, -0.05) is 22.9 Å². The molecule has 0 atom stereocenters. The van der Waals surface area contributed by atoms with E-state index in [1.165, 1.54) is 56.7 Å². The van der Waals surface area contributed by atoms with Crippen LogP contribution in [0.5, 0.6) is 11.5 Å². The van der Waals surface area contributed by atoms with Crippen LogP contribution in [0.1, 0.15) is 6.92 Å². The number of fused-ring (bicyclic) bond motifs is 1. The second-order valence-corrected chi connectivity index (χ2v) is 8.74. The molecule has 1 amide bonds. The van der Waals surface area contributed by atoms with E-state index in [0.29, 0.717) is 21.1 Å². The molecule has 1 heterocycles. The third-order valence-corrected chi connectivity index (χ3v) is 6.19. The van der Waals surface area contributed by atoms with Crippen LogP contribution in [0, 0.1) is 0 Å². The highest BCUT2D eigenvalue weighted by Gasteiger charge is 2.22. The molecule has 28 heavy (non-hydrogen) atoms. The van der Waals surface area contributed by atoms with Gasteiger partial charge in [-0.25, -0.2) is 13.4 Å². The molecule has 0 saturated heterocycles. The molecule has 0 aliphatic rings. The maximum atomic E-state index is 12.9. The first kappa shape index (κ1) is 20.2. The molecule has 0 aliphatic heterocycles. The molecule has 0 bridgehead atoms. The molecular formula is C17H16ClN3O5S2. The summed E-state index contributed by atoms with van der Waals surface area (Å²) in [4.78, 5) is 15.5. The highest BCUT2D eigenvalue weighted by atomic mass is 35.5. The van der Waals surface area contributed by atoms with Crippen molar-refractivity contribution in [1.82, 2.24) is 4.98 Å². The van der Waals surface area contributed by atoms with Gasteiger partial charge in [-0.15, -0.1) is 0 Å². The summed E-state index contributed by atoms with van der Waals surface area (Å²) < 4.78 is 39.3. The van der Waals surface area contributed by atoms with Gasteiger partial charge in [-0.3, -0.25) is 9.52 Å². The molecule has 2 aromatic carbocycles. The fourth-order valence-corrected chi connectivity index (χ4v) is 4.93. The van der Waals surface area contributed by atoms with Gasteiger partial charge < -0.3 is 14.8 Å². The molecule has 0 fully saturated rings. The number of nitrogens with one attached hydrogen (secondary N) is 2. The molecule has 0 spiro atoms. The summed E-state index contributed by atoms with van der Waals surface area (Å²) in [5.41, 5.74) is 0.781. The number of aromatic nitrogens is 1. The molecule has 11 heteroatoms. The topological polar surface area (TPSA) is 107 Å². The summed E-state index contributed by atoms with van der Waals surface area (Å²) in [6.45, 7) is 1.38. The van der Waals surface area contributed by atoms with Crippen molar-refractivity contribution < 1.29 is 22.7 Å². The van der Waals surface area contributed by atoms with E-state index in [9.17, 15) is 13.2 Å². The van der Waals surface area contributed by atoms with Gasteiger partial charge in [-0.2, -0.15) is 0 Å². The summed E-state index contributed by atoms with van der Waals surface area (Å²) in [6.07, 6.45) is 0. The van der Waals surface area contributed by atoms with E-state index in [2.05, 4.69) is 15.0 Å². The van der Waals surface area contributed by atoms with Crippen molar-refractivity contribution in [3.63, 3.8) is 0 Å². The molecule has 1 aromatic heterocycles. The summed E-state index contributed by atoms with van der Waals surface area (Å²) in [6, 6.07) is 7.43. The maximum absolute atomic E-state index is 12.9. The minimum atomic E-state index is -3.98. The molecule has 0 unspecified atom stereocenters. The van der Waals surface area contributed by atoms with Crippen molar-refractivity contribution in [2.75, 3.05) is 24.3 Å². The normalized spacial score (nSPS) is 11.3. The first-order valence-corrected chi connectivity index (χ1v) is 10.5. The molecule has 148 valence electrons. The first-order chi connectivity index (χ1) is 13.2. The monoisotopic (exact) mass is 441 g/mol. The van der Waals surface area contributed by atoms with Crippen LogP contribution < -0.4 is 19.5 Å². The lowest BCUT2D eigenvalue weighted by molar-refractivity contribution is -0.114. The largest absolute Gasteiger partial charge is 0.495 e. The zero-order chi connectivity index (χ0) is 20.5. The van der Waals surface area contributed by atoms with Crippen LogP contribution in [0.4, 0.5) is 10.8 Å². The average Bonchev–Trinajstić information content (AvgIpc) is 3.02. The summed E-state index contributed by atoms with van der Waals surface area (Å²) >= 11 is 7.14. The second-order valence-electron chi connectivity index (χ2n) is 5.63. The zero-order valence-electron chi connectivity index (χ0n) is 15.1. The number of carbonyl (C=O) groups excluding carboxylic acids is 1. The molecule has 0 radical (unpaired) electrons. The van der Waals surface area contributed by atoms with E-state index >= 15 is 0 Å². The number of halogens is 1. The van der Waals surface area contributed by atoms with E-state index in [-0.39, 0.29) is 27.3 Å². The van der Waals surface area contributed by atoms with E-state index in [4.69, 9.17) is 21.1 Å². The van der Waals surface area contributed by atoms with Crippen LogP contribution in [0.25, 0.3) is 10.2 Å². The van der Waals surface area contributed by atoms with E-state index < -0.39 is 10.0 Å². The summed E-state index contributed by atoms with van der Waals surface area (Å²) in [5.74, 6) is 0.267. The SMILES string of the molecule is COc1ccc(Cl)cc1S(=O)(=O)Nc1cc(OC)c2nc(NC(C)=O)sc2c1. The Hall–Kier alpha value is -2.56. The number of thiazole rings is 1. The molecular weight excluding hydrogens is 426 g/mol. The number of ether oxygens (including phenoxy) is 2. The van der Waals surface area contributed by atoms with Gasteiger partial charge in [0.25, 0.3) is 10.0 Å². The standard InChI is InChI=1S/C17H16ClN3O5S2/c1-9(22)19-17-20-16-13(26-3)7-11(8-14(16)27-17)21-28(23,24)15-6-10(18)4-5-12(15)25-2/h4-8,21H,1-3H3,(H,19,20,22). The van der Waals surface area contributed by atoms with E-state index in [0.717, 1.165) is 0 Å². The number of rotatable bonds is 6. The summed E-state index contributed by atoms with van der Waals surface area (Å²) in [5, 5.41) is 3.25. The average molecular weight is 442 g/mol. The van der Waals surface area contributed by atoms with Crippen molar-refractivity contribution >= 4 is 59.9 Å². The van der Waals surface area contributed by atoms with E-state index in [1.54, 1.807) is 6.07 Å². The number of hydrogen-bond acceptors (Lipinski definition) is 7. The Bertz CT molecular complexity index is 1160. The van der Waals surface area contributed by atoms with Crippen molar-refractivity contribution in [3.05, 3.63) is 35.4 Å². The van der Waals surface area contributed by atoms with Crippen molar-refractivity contribution in [3.8, 4) is 11.5 Å². The number of methoxy groups -OCH3 is 2. The lowest BCUT2D eigenvalue weighted by atomic mass is 10.3. The highest BCUT2D eigenvalue weighted by Crippen LogP contribution is 2.37. The predicted molar refractivity (Wildman–Crippen MR) is 109 cm³/mol. The lowest BCUT2D eigenvalue weighted by Crippen LogP contribution is -2.14. The number of anilines is 2. The fraction of sp³-hybridized carbons (Fsp3) is 0.176. The highest BCUT2D eigenvalue weighted by molar-refractivity contribution is 7.92. The third kappa shape index (κ3) is 4.13. The molecule has 2 N–H and O–H groups in total.